The maximum Gasteiger partial charge on any atom is 0.0104 e. The van der Waals surface area contributed by atoms with Gasteiger partial charge in [-0.15, -0.1) is 0 Å². The molecule has 0 saturated heterocycles. The van der Waals surface area contributed by atoms with E-state index in [1.807, 2.05) is 0 Å². The van der Waals surface area contributed by atoms with Crippen LogP contribution in [0.4, 0.5) is 0 Å². The molecule has 3 heteroatoms. The fourth-order valence-corrected chi connectivity index (χ4v) is 1.77. The SMILES string of the molecule is CN(C)CCNCCN(C)CCc1ccccc1. The molecule has 0 aromatic heterocycles. The van der Waals surface area contributed by atoms with Crippen molar-refractivity contribution in [2.75, 3.05) is 53.9 Å². The van der Waals surface area contributed by atoms with Crippen molar-refractivity contribution in [1.29, 1.82) is 0 Å². The lowest BCUT2D eigenvalue weighted by Crippen LogP contribution is -2.34. The first-order chi connectivity index (χ1) is 8.68. The average Bonchev–Trinajstić information content (AvgIpc) is 2.37. The third kappa shape index (κ3) is 7.43. The molecule has 0 aliphatic carbocycles. The molecule has 1 N–H and O–H groups in total. The first-order valence-corrected chi connectivity index (χ1v) is 6.76. The summed E-state index contributed by atoms with van der Waals surface area (Å²) in [5.74, 6) is 0. The monoisotopic (exact) mass is 249 g/mol. The minimum atomic E-state index is 1.07. The van der Waals surface area contributed by atoms with E-state index >= 15 is 0 Å². The lowest BCUT2D eigenvalue weighted by Gasteiger charge is -2.17. The number of rotatable bonds is 9. The van der Waals surface area contributed by atoms with Crippen LogP contribution in [0.25, 0.3) is 0 Å². The van der Waals surface area contributed by atoms with Crippen molar-refractivity contribution in [1.82, 2.24) is 15.1 Å². The lowest BCUT2D eigenvalue weighted by atomic mass is 10.1. The molecule has 0 radical (unpaired) electrons. The molecule has 0 bridgehead atoms. The summed E-state index contributed by atoms with van der Waals surface area (Å²) < 4.78 is 0. The molecule has 1 aromatic rings. The Kier molecular flexibility index (Phi) is 7.65. The average molecular weight is 249 g/mol. The van der Waals surface area contributed by atoms with Gasteiger partial charge in [0.05, 0.1) is 0 Å². The molecule has 0 unspecified atom stereocenters. The van der Waals surface area contributed by atoms with Crippen molar-refractivity contribution in [3.63, 3.8) is 0 Å². The summed E-state index contributed by atoms with van der Waals surface area (Å²) in [6.07, 6.45) is 1.13. The van der Waals surface area contributed by atoms with E-state index in [2.05, 4.69) is 66.6 Å². The molecule has 1 rings (SSSR count). The van der Waals surface area contributed by atoms with Gasteiger partial charge in [-0.25, -0.2) is 0 Å². The molecule has 0 aliphatic rings. The minimum absolute atomic E-state index is 1.07. The summed E-state index contributed by atoms with van der Waals surface area (Å²) in [7, 11) is 6.40. The zero-order chi connectivity index (χ0) is 13.2. The lowest BCUT2D eigenvalue weighted by molar-refractivity contribution is 0.329. The van der Waals surface area contributed by atoms with Gasteiger partial charge in [0.15, 0.2) is 0 Å². The maximum absolute atomic E-state index is 3.46. The van der Waals surface area contributed by atoms with Gasteiger partial charge in [0.1, 0.15) is 0 Å². The summed E-state index contributed by atoms with van der Waals surface area (Å²) in [6.45, 7) is 5.48. The quantitative estimate of drug-likeness (QED) is 0.666. The third-order valence-electron chi connectivity index (χ3n) is 3.03. The van der Waals surface area contributed by atoms with E-state index in [-0.39, 0.29) is 0 Å². The molecular weight excluding hydrogens is 222 g/mol. The van der Waals surface area contributed by atoms with Crippen LogP contribution in [0.2, 0.25) is 0 Å². The summed E-state index contributed by atoms with van der Waals surface area (Å²) in [5, 5.41) is 3.46. The molecule has 1 aromatic carbocycles. The van der Waals surface area contributed by atoms with E-state index in [1.165, 1.54) is 5.56 Å². The van der Waals surface area contributed by atoms with Gasteiger partial charge in [-0.05, 0) is 33.1 Å². The second kappa shape index (κ2) is 9.09. The topological polar surface area (TPSA) is 18.5 Å². The number of nitrogens with one attached hydrogen (secondary N) is 1. The van der Waals surface area contributed by atoms with Gasteiger partial charge < -0.3 is 15.1 Å². The van der Waals surface area contributed by atoms with Gasteiger partial charge in [-0.3, -0.25) is 0 Å². The van der Waals surface area contributed by atoms with Gasteiger partial charge in [0.25, 0.3) is 0 Å². The van der Waals surface area contributed by atoms with Crippen LogP contribution in [0.15, 0.2) is 30.3 Å². The van der Waals surface area contributed by atoms with E-state index in [9.17, 15) is 0 Å². The molecule has 0 atom stereocenters. The zero-order valence-electron chi connectivity index (χ0n) is 12.0. The highest BCUT2D eigenvalue weighted by Gasteiger charge is 1.99. The van der Waals surface area contributed by atoms with E-state index in [4.69, 9.17) is 0 Å². The number of likely N-dealkylation sites (N-methyl/N-ethyl adjacent to an activating group) is 2. The standard InChI is InChI=1S/C15H27N3/c1-17(2)13-10-16-11-14-18(3)12-9-15-7-5-4-6-8-15/h4-8,16H,9-14H2,1-3H3. The van der Waals surface area contributed by atoms with Crippen LogP contribution in [0.1, 0.15) is 5.56 Å². The number of benzene rings is 1. The minimum Gasteiger partial charge on any atom is -0.314 e. The van der Waals surface area contributed by atoms with Crippen molar-refractivity contribution in [3.8, 4) is 0 Å². The highest BCUT2D eigenvalue weighted by molar-refractivity contribution is 5.14. The van der Waals surface area contributed by atoms with Crippen molar-refractivity contribution >= 4 is 0 Å². The van der Waals surface area contributed by atoms with Crippen LogP contribution in [0, 0.1) is 0 Å². The Morgan fingerprint density at radius 1 is 0.889 bits per heavy atom. The molecule has 0 fully saturated rings. The van der Waals surface area contributed by atoms with Gasteiger partial charge in [0, 0.05) is 32.7 Å². The Hall–Kier alpha value is -0.900. The number of nitrogens with zero attached hydrogens (tertiary/aromatic N) is 2. The molecule has 0 aliphatic heterocycles. The highest BCUT2D eigenvalue weighted by Crippen LogP contribution is 2.00. The largest absolute Gasteiger partial charge is 0.314 e. The Balaban J connectivity index is 2.02. The smallest absolute Gasteiger partial charge is 0.0104 e. The Morgan fingerprint density at radius 2 is 1.56 bits per heavy atom. The number of hydrogen-bond acceptors (Lipinski definition) is 3. The summed E-state index contributed by atoms with van der Waals surface area (Å²) >= 11 is 0. The molecule has 0 heterocycles. The summed E-state index contributed by atoms with van der Waals surface area (Å²) in [6, 6.07) is 10.7. The van der Waals surface area contributed by atoms with Crippen molar-refractivity contribution in [2.45, 2.75) is 6.42 Å². The summed E-state index contributed by atoms with van der Waals surface area (Å²) in [4.78, 5) is 4.59. The zero-order valence-corrected chi connectivity index (χ0v) is 12.0. The van der Waals surface area contributed by atoms with E-state index < -0.39 is 0 Å². The molecular formula is C15H27N3. The van der Waals surface area contributed by atoms with Crippen LogP contribution < -0.4 is 5.32 Å². The normalized spacial score (nSPS) is 11.4. The summed E-state index contributed by atoms with van der Waals surface area (Å²) in [5.41, 5.74) is 1.42. The predicted molar refractivity (Wildman–Crippen MR) is 79.1 cm³/mol. The van der Waals surface area contributed by atoms with Gasteiger partial charge in [0.2, 0.25) is 0 Å². The van der Waals surface area contributed by atoms with Crippen LogP contribution in [-0.4, -0.2) is 63.7 Å². The van der Waals surface area contributed by atoms with E-state index in [0.29, 0.717) is 0 Å². The van der Waals surface area contributed by atoms with Crippen LogP contribution >= 0.6 is 0 Å². The van der Waals surface area contributed by atoms with Gasteiger partial charge >= 0.3 is 0 Å². The van der Waals surface area contributed by atoms with Gasteiger partial charge in [-0.2, -0.15) is 0 Å². The Bertz CT molecular complexity index is 298. The van der Waals surface area contributed by atoms with Crippen LogP contribution in [0.3, 0.4) is 0 Å². The second-order valence-corrected chi connectivity index (χ2v) is 5.09. The molecule has 0 amide bonds. The fraction of sp³-hybridized carbons (Fsp3) is 0.600. The van der Waals surface area contributed by atoms with Crippen molar-refractivity contribution in [2.24, 2.45) is 0 Å². The van der Waals surface area contributed by atoms with E-state index in [1.54, 1.807) is 0 Å². The highest BCUT2D eigenvalue weighted by atomic mass is 15.1. The predicted octanol–water partition coefficient (Wildman–Crippen LogP) is 1.31. The van der Waals surface area contributed by atoms with Crippen molar-refractivity contribution in [3.05, 3.63) is 35.9 Å². The fourth-order valence-electron chi connectivity index (χ4n) is 1.77. The second-order valence-electron chi connectivity index (χ2n) is 5.09. The van der Waals surface area contributed by atoms with Crippen LogP contribution in [0.5, 0.6) is 0 Å². The van der Waals surface area contributed by atoms with E-state index in [0.717, 1.165) is 39.1 Å². The Morgan fingerprint density at radius 3 is 2.22 bits per heavy atom. The number of hydrogen-bond donors (Lipinski definition) is 1. The molecule has 0 saturated carbocycles. The first kappa shape index (κ1) is 15.2. The Labute approximate surface area is 112 Å². The molecule has 3 nitrogen and oxygen atoms in total. The molecule has 102 valence electrons. The first-order valence-electron chi connectivity index (χ1n) is 6.76. The van der Waals surface area contributed by atoms with Crippen LogP contribution in [-0.2, 0) is 6.42 Å². The maximum atomic E-state index is 3.46. The molecule has 0 spiro atoms. The van der Waals surface area contributed by atoms with Gasteiger partial charge in [-0.1, -0.05) is 30.3 Å². The van der Waals surface area contributed by atoms with Crippen molar-refractivity contribution < 1.29 is 0 Å². The third-order valence-corrected chi connectivity index (χ3v) is 3.03. The molecule has 18 heavy (non-hydrogen) atoms.